The molecule has 1 saturated heterocycles. The van der Waals surface area contributed by atoms with E-state index >= 15 is 0 Å². The molecule has 2 aliphatic rings. The number of hydrogen-bond donors (Lipinski definition) is 1. The summed E-state index contributed by atoms with van der Waals surface area (Å²) in [6, 6.07) is 10.1. The molecule has 1 aromatic carbocycles. The Morgan fingerprint density at radius 3 is 2.75 bits per heavy atom. The molecule has 1 amide bonds. The molecule has 3 aromatic heterocycles. The van der Waals surface area contributed by atoms with Crippen LogP contribution in [0.1, 0.15) is 62.0 Å². The highest BCUT2D eigenvalue weighted by atomic mass is 16.5. The van der Waals surface area contributed by atoms with Crippen LogP contribution in [0.4, 0.5) is 0 Å². The van der Waals surface area contributed by atoms with Crippen LogP contribution in [0.3, 0.4) is 0 Å². The van der Waals surface area contributed by atoms with Crippen LogP contribution in [0, 0.1) is 5.92 Å². The lowest BCUT2D eigenvalue weighted by Crippen LogP contribution is -2.43. The first-order valence-corrected chi connectivity index (χ1v) is 14.5. The fourth-order valence-corrected chi connectivity index (χ4v) is 6.69. The van der Waals surface area contributed by atoms with Gasteiger partial charge >= 0.3 is 5.76 Å². The molecule has 6 rings (SSSR count). The maximum absolute atomic E-state index is 13.6. The van der Waals surface area contributed by atoms with Gasteiger partial charge in [0, 0.05) is 48.5 Å². The van der Waals surface area contributed by atoms with Crippen molar-refractivity contribution in [2.45, 2.75) is 57.3 Å². The Labute approximate surface area is 234 Å². The molecular formula is C31H38N6O3. The van der Waals surface area contributed by atoms with Crippen LogP contribution in [0.2, 0.25) is 0 Å². The second kappa shape index (κ2) is 11.4. The largest absolute Gasteiger partial charge is 0.439 e. The van der Waals surface area contributed by atoms with Crippen LogP contribution < -0.4 is 5.76 Å². The van der Waals surface area contributed by atoms with E-state index < -0.39 is 5.76 Å². The molecule has 2 fully saturated rings. The number of piperidine rings is 1. The Morgan fingerprint density at radius 1 is 1.12 bits per heavy atom. The van der Waals surface area contributed by atoms with E-state index in [4.69, 9.17) is 9.51 Å². The monoisotopic (exact) mass is 542 g/mol. The van der Waals surface area contributed by atoms with E-state index in [1.165, 1.54) is 49.5 Å². The van der Waals surface area contributed by atoms with Gasteiger partial charge in [0.15, 0.2) is 5.82 Å². The highest BCUT2D eigenvalue weighted by molar-refractivity contribution is 5.90. The molecule has 0 bridgehead atoms. The molecule has 0 spiro atoms. The summed E-state index contributed by atoms with van der Waals surface area (Å²) in [5.41, 5.74) is 3.98. The van der Waals surface area contributed by atoms with E-state index in [1.807, 2.05) is 29.2 Å². The summed E-state index contributed by atoms with van der Waals surface area (Å²) >= 11 is 0. The van der Waals surface area contributed by atoms with Gasteiger partial charge < -0.3 is 14.4 Å². The average Bonchev–Trinajstić information content (AvgIpc) is 3.57. The van der Waals surface area contributed by atoms with Gasteiger partial charge in [-0.15, -0.1) is 0 Å². The molecule has 9 nitrogen and oxygen atoms in total. The Kier molecular flexibility index (Phi) is 7.56. The number of rotatable bonds is 7. The summed E-state index contributed by atoms with van der Waals surface area (Å²) in [5, 5.41) is 5.08. The zero-order chi connectivity index (χ0) is 27.6. The molecule has 4 aromatic rings. The van der Waals surface area contributed by atoms with E-state index in [1.54, 1.807) is 6.20 Å². The SMILES string of the molecule is CN(C)CC1CCCN(C(=O)Cc2cccnc2-n2cc(C3CCCCC3)c3ccc(-c4noc(=O)[nH]4)cc32)C1. The van der Waals surface area contributed by atoms with Gasteiger partial charge in [0.05, 0.1) is 11.9 Å². The number of hydrogen-bond acceptors (Lipinski definition) is 6. The summed E-state index contributed by atoms with van der Waals surface area (Å²) < 4.78 is 6.90. The van der Waals surface area contributed by atoms with Crippen molar-refractivity contribution in [1.82, 2.24) is 29.5 Å². The van der Waals surface area contributed by atoms with E-state index in [2.05, 4.69) is 46.0 Å². The number of H-pyrrole nitrogens is 1. The number of carbonyl (C=O) groups is 1. The molecule has 1 N–H and O–H groups in total. The number of fused-ring (bicyclic) bond motifs is 1. The van der Waals surface area contributed by atoms with Crippen LogP contribution in [0.25, 0.3) is 28.1 Å². The maximum atomic E-state index is 13.6. The van der Waals surface area contributed by atoms with Crippen LogP contribution in [0.5, 0.6) is 0 Å². The van der Waals surface area contributed by atoms with Crippen molar-refractivity contribution in [1.29, 1.82) is 0 Å². The van der Waals surface area contributed by atoms with Crippen molar-refractivity contribution in [2.24, 2.45) is 5.92 Å². The predicted molar refractivity (Wildman–Crippen MR) is 155 cm³/mol. The van der Waals surface area contributed by atoms with Crippen LogP contribution in [0.15, 0.2) is 52.0 Å². The topological polar surface area (TPSA) is 100 Å². The van der Waals surface area contributed by atoms with Gasteiger partial charge in [0.1, 0.15) is 5.82 Å². The highest BCUT2D eigenvalue weighted by Crippen LogP contribution is 2.39. The standard InChI is InChI=1S/C31H38N6O3/c1-35(2)18-21-8-7-15-36(19-21)28(38)17-24-11-6-14-32-30(24)37-20-26(22-9-4-3-5-10-22)25-13-12-23(16-27(25)37)29-33-31(39)40-34-29/h6,11-14,16,20-22H,3-5,7-10,15,17-19H2,1-2H3,(H,33,34,39). The molecule has 40 heavy (non-hydrogen) atoms. The van der Waals surface area contributed by atoms with Gasteiger partial charge in [0.25, 0.3) is 0 Å². The molecule has 210 valence electrons. The number of nitrogens with zero attached hydrogens (tertiary/aromatic N) is 5. The number of aromatic amines is 1. The van der Waals surface area contributed by atoms with E-state index in [0.717, 1.165) is 48.5 Å². The van der Waals surface area contributed by atoms with Crippen molar-refractivity contribution < 1.29 is 9.32 Å². The Hall–Kier alpha value is -3.72. The van der Waals surface area contributed by atoms with Gasteiger partial charge in [-0.2, -0.15) is 0 Å². The average molecular weight is 543 g/mol. The fourth-order valence-electron chi connectivity index (χ4n) is 6.69. The quantitative estimate of drug-likeness (QED) is 0.362. The highest BCUT2D eigenvalue weighted by Gasteiger charge is 2.26. The van der Waals surface area contributed by atoms with Gasteiger partial charge in [0.2, 0.25) is 5.91 Å². The minimum Gasteiger partial charge on any atom is -0.342 e. The summed E-state index contributed by atoms with van der Waals surface area (Å²) in [4.78, 5) is 36.9. The zero-order valence-corrected chi connectivity index (χ0v) is 23.4. The number of aromatic nitrogens is 4. The number of nitrogens with one attached hydrogen (secondary N) is 1. The maximum Gasteiger partial charge on any atom is 0.439 e. The lowest BCUT2D eigenvalue weighted by atomic mass is 9.84. The molecule has 9 heteroatoms. The minimum atomic E-state index is -0.579. The molecule has 1 aliphatic heterocycles. The molecule has 1 saturated carbocycles. The number of likely N-dealkylation sites (tertiary alicyclic amines) is 1. The van der Waals surface area contributed by atoms with Gasteiger partial charge in [-0.05, 0) is 69.3 Å². The molecule has 4 heterocycles. The fraction of sp³-hybridized carbons (Fsp3) is 0.484. The summed E-state index contributed by atoms with van der Waals surface area (Å²) in [5.74, 6) is 1.75. The molecular weight excluding hydrogens is 504 g/mol. The van der Waals surface area contributed by atoms with Crippen molar-refractivity contribution >= 4 is 16.8 Å². The van der Waals surface area contributed by atoms with Gasteiger partial charge in [-0.3, -0.25) is 14.3 Å². The molecule has 1 unspecified atom stereocenters. The first kappa shape index (κ1) is 26.5. The Balaban J connectivity index is 1.37. The van der Waals surface area contributed by atoms with E-state index in [9.17, 15) is 9.59 Å². The Bertz CT molecular complexity index is 1540. The van der Waals surface area contributed by atoms with Crippen LogP contribution in [-0.4, -0.2) is 69.1 Å². The normalized spacial score (nSPS) is 18.6. The number of amides is 1. The Morgan fingerprint density at radius 2 is 1.98 bits per heavy atom. The lowest BCUT2D eigenvalue weighted by molar-refractivity contribution is -0.132. The van der Waals surface area contributed by atoms with Crippen molar-refractivity contribution in [3.05, 3.63) is 64.4 Å². The third kappa shape index (κ3) is 5.47. The first-order valence-electron chi connectivity index (χ1n) is 14.5. The number of carbonyl (C=O) groups excluding carboxylic acids is 1. The lowest BCUT2D eigenvalue weighted by Gasteiger charge is -2.34. The summed E-state index contributed by atoms with van der Waals surface area (Å²) in [6.45, 7) is 2.63. The molecule has 0 radical (unpaired) electrons. The first-order chi connectivity index (χ1) is 19.5. The summed E-state index contributed by atoms with van der Waals surface area (Å²) in [7, 11) is 4.19. The van der Waals surface area contributed by atoms with Crippen LogP contribution in [-0.2, 0) is 11.2 Å². The summed E-state index contributed by atoms with van der Waals surface area (Å²) in [6.07, 6.45) is 12.7. The second-order valence-electron chi connectivity index (χ2n) is 11.7. The van der Waals surface area contributed by atoms with Gasteiger partial charge in [-0.25, -0.2) is 9.78 Å². The van der Waals surface area contributed by atoms with Crippen molar-refractivity contribution in [3.8, 4) is 17.2 Å². The van der Waals surface area contributed by atoms with Crippen molar-refractivity contribution in [3.63, 3.8) is 0 Å². The third-order valence-corrected chi connectivity index (χ3v) is 8.53. The third-order valence-electron chi connectivity index (χ3n) is 8.53. The van der Waals surface area contributed by atoms with Crippen molar-refractivity contribution in [2.75, 3.05) is 33.7 Å². The molecule has 1 aliphatic carbocycles. The predicted octanol–water partition coefficient (Wildman–Crippen LogP) is 4.76. The number of pyridine rings is 1. The van der Waals surface area contributed by atoms with Gasteiger partial charge in [-0.1, -0.05) is 42.6 Å². The molecule has 1 atom stereocenters. The number of benzene rings is 1. The second-order valence-corrected chi connectivity index (χ2v) is 11.7. The zero-order valence-electron chi connectivity index (χ0n) is 23.4. The van der Waals surface area contributed by atoms with E-state index in [0.29, 0.717) is 24.1 Å². The minimum absolute atomic E-state index is 0.155. The smallest absolute Gasteiger partial charge is 0.342 e. The van der Waals surface area contributed by atoms with E-state index in [-0.39, 0.29) is 5.91 Å². The van der Waals surface area contributed by atoms with Crippen LogP contribution >= 0.6 is 0 Å².